The molecule has 4 rings (SSSR count). The second-order valence-electron chi connectivity index (χ2n) is 7.27. The number of piperidine rings is 1. The average Bonchev–Trinajstić information content (AvgIpc) is 2.89. The summed E-state index contributed by atoms with van der Waals surface area (Å²) in [4.78, 5) is 2.63. The highest BCUT2D eigenvalue weighted by atomic mass is 19.1. The lowest BCUT2D eigenvalue weighted by Crippen LogP contribution is -2.45. The van der Waals surface area contributed by atoms with Gasteiger partial charge in [0.05, 0.1) is 0 Å². The molecule has 22 heavy (non-hydrogen) atoms. The minimum Gasteiger partial charge on any atom is -0.384 e. The molecule has 3 heteroatoms. The molecule has 1 fully saturated rings. The number of nitrogens with zero attached hydrogens (tertiary/aromatic N) is 1. The fraction of sp³-hybridized carbons (Fsp3) is 0.579. The number of allylic oxidation sites excluding steroid dienone is 2. The summed E-state index contributed by atoms with van der Waals surface area (Å²) in [6, 6.07) is 5.23. The summed E-state index contributed by atoms with van der Waals surface area (Å²) in [6.07, 6.45) is 10.8. The zero-order chi connectivity index (χ0) is 15.0. The van der Waals surface area contributed by atoms with E-state index in [1.165, 1.54) is 31.4 Å². The summed E-state index contributed by atoms with van der Waals surface area (Å²) in [7, 11) is 0. The largest absolute Gasteiger partial charge is 0.384 e. The van der Waals surface area contributed by atoms with Crippen molar-refractivity contribution >= 4 is 5.69 Å². The zero-order valence-electron chi connectivity index (χ0n) is 13.2. The Kier molecular flexibility index (Phi) is 3.69. The van der Waals surface area contributed by atoms with Crippen molar-refractivity contribution in [2.75, 3.05) is 31.5 Å². The van der Waals surface area contributed by atoms with Gasteiger partial charge in [0.2, 0.25) is 0 Å². The molecule has 0 bridgehead atoms. The van der Waals surface area contributed by atoms with Gasteiger partial charge in [-0.2, -0.15) is 0 Å². The summed E-state index contributed by atoms with van der Waals surface area (Å²) in [6.45, 7) is 4.52. The molecule has 2 nitrogen and oxygen atoms in total. The molecule has 1 N–H and O–H groups in total. The van der Waals surface area contributed by atoms with Crippen molar-refractivity contribution in [1.29, 1.82) is 0 Å². The van der Waals surface area contributed by atoms with Crippen molar-refractivity contribution in [2.24, 2.45) is 5.92 Å². The van der Waals surface area contributed by atoms with Crippen LogP contribution in [0.4, 0.5) is 10.1 Å². The molecule has 1 saturated heterocycles. The summed E-state index contributed by atoms with van der Waals surface area (Å²) >= 11 is 0. The number of nitrogens with one attached hydrogen (secondary N) is 1. The molecular weight excluding hydrogens is 275 g/mol. The van der Waals surface area contributed by atoms with Gasteiger partial charge in [0.15, 0.2) is 0 Å². The summed E-state index contributed by atoms with van der Waals surface area (Å²) in [5.74, 6) is 0.740. The molecule has 1 aromatic carbocycles. The Morgan fingerprint density at radius 3 is 2.86 bits per heavy atom. The Balaban J connectivity index is 1.42. The van der Waals surface area contributed by atoms with Crippen LogP contribution in [0.2, 0.25) is 0 Å². The number of anilines is 1. The standard InChI is InChI=1S/C19H25FN2/c20-16-6-7-18-17(12-16)19(14-21-18)8-10-22(11-9-19)13-15-4-2-1-3-5-15/h1-2,6-7,12,15,21H,3-5,8-11,13-14H2. The number of hydrogen-bond acceptors (Lipinski definition) is 2. The Hall–Kier alpha value is -1.35. The molecule has 1 spiro atoms. The third kappa shape index (κ3) is 2.56. The fourth-order valence-electron chi connectivity index (χ4n) is 4.47. The van der Waals surface area contributed by atoms with Gasteiger partial charge in [-0.25, -0.2) is 4.39 Å². The highest BCUT2D eigenvalue weighted by Gasteiger charge is 2.41. The Morgan fingerprint density at radius 2 is 2.09 bits per heavy atom. The maximum atomic E-state index is 13.6. The summed E-state index contributed by atoms with van der Waals surface area (Å²) in [5, 5.41) is 3.49. The van der Waals surface area contributed by atoms with Crippen LogP contribution in [-0.4, -0.2) is 31.1 Å². The molecule has 1 aromatic rings. The first-order valence-corrected chi connectivity index (χ1v) is 8.66. The van der Waals surface area contributed by atoms with Gasteiger partial charge >= 0.3 is 0 Å². The van der Waals surface area contributed by atoms with Gasteiger partial charge in [-0.1, -0.05) is 12.2 Å². The quantitative estimate of drug-likeness (QED) is 0.832. The number of rotatable bonds is 2. The number of likely N-dealkylation sites (tertiary alicyclic amines) is 1. The van der Waals surface area contributed by atoms with Crippen LogP contribution in [0.1, 0.15) is 37.7 Å². The number of fused-ring (bicyclic) bond motifs is 2. The van der Waals surface area contributed by atoms with Crippen LogP contribution in [0.3, 0.4) is 0 Å². The number of benzene rings is 1. The van der Waals surface area contributed by atoms with E-state index < -0.39 is 0 Å². The lowest BCUT2D eigenvalue weighted by molar-refractivity contribution is 0.144. The Labute approximate surface area is 132 Å². The van der Waals surface area contributed by atoms with E-state index in [-0.39, 0.29) is 11.2 Å². The van der Waals surface area contributed by atoms with Crippen LogP contribution in [0.15, 0.2) is 30.4 Å². The van der Waals surface area contributed by atoms with E-state index in [1.807, 2.05) is 6.07 Å². The van der Waals surface area contributed by atoms with Crippen LogP contribution in [0.5, 0.6) is 0 Å². The van der Waals surface area contributed by atoms with Crippen molar-refractivity contribution in [1.82, 2.24) is 4.90 Å². The first-order valence-electron chi connectivity index (χ1n) is 8.66. The molecule has 3 aliphatic rings. The van der Waals surface area contributed by atoms with Gasteiger partial charge in [0.25, 0.3) is 0 Å². The van der Waals surface area contributed by atoms with Crippen molar-refractivity contribution in [3.8, 4) is 0 Å². The Morgan fingerprint density at radius 1 is 1.23 bits per heavy atom. The molecule has 1 unspecified atom stereocenters. The molecule has 1 atom stereocenters. The number of halogens is 1. The first kappa shape index (κ1) is 14.3. The lowest BCUT2D eigenvalue weighted by atomic mass is 9.74. The van der Waals surface area contributed by atoms with E-state index in [1.54, 1.807) is 12.1 Å². The van der Waals surface area contributed by atoms with E-state index in [0.717, 1.165) is 44.1 Å². The fourth-order valence-corrected chi connectivity index (χ4v) is 4.47. The smallest absolute Gasteiger partial charge is 0.123 e. The van der Waals surface area contributed by atoms with Crippen LogP contribution < -0.4 is 5.32 Å². The second-order valence-corrected chi connectivity index (χ2v) is 7.27. The van der Waals surface area contributed by atoms with Crippen LogP contribution in [0.25, 0.3) is 0 Å². The molecule has 0 aromatic heterocycles. The maximum absolute atomic E-state index is 13.6. The monoisotopic (exact) mass is 300 g/mol. The van der Waals surface area contributed by atoms with Crippen molar-refractivity contribution < 1.29 is 4.39 Å². The average molecular weight is 300 g/mol. The van der Waals surface area contributed by atoms with Crippen molar-refractivity contribution in [2.45, 2.75) is 37.5 Å². The maximum Gasteiger partial charge on any atom is 0.123 e. The topological polar surface area (TPSA) is 15.3 Å². The van der Waals surface area contributed by atoms with Gasteiger partial charge in [0.1, 0.15) is 5.82 Å². The van der Waals surface area contributed by atoms with E-state index in [9.17, 15) is 4.39 Å². The van der Waals surface area contributed by atoms with Crippen molar-refractivity contribution in [3.05, 3.63) is 41.7 Å². The first-order chi connectivity index (χ1) is 10.8. The van der Waals surface area contributed by atoms with Gasteiger partial charge in [-0.15, -0.1) is 0 Å². The van der Waals surface area contributed by atoms with E-state index in [0.29, 0.717) is 0 Å². The van der Waals surface area contributed by atoms with Gasteiger partial charge in [-0.05, 0) is 74.9 Å². The van der Waals surface area contributed by atoms with E-state index >= 15 is 0 Å². The summed E-state index contributed by atoms with van der Waals surface area (Å²) in [5.41, 5.74) is 2.53. The highest BCUT2D eigenvalue weighted by Crippen LogP contribution is 2.44. The SMILES string of the molecule is Fc1ccc2c(c1)C1(CCN(CC3CC=CCC3)CC1)CN2. The normalized spacial score (nSPS) is 26.9. The summed E-state index contributed by atoms with van der Waals surface area (Å²) < 4.78 is 13.6. The van der Waals surface area contributed by atoms with Crippen LogP contribution in [-0.2, 0) is 5.41 Å². The predicted octanol–water partition coefficient (Wildman–Crippen LogP) is 3.94. The van der Waals surface area contributed by atoms with Crippen molar-refractivity contribution in [3.63, 3.8) is 0 Å². The minimum atomic E-state index is -0.0988. The van der Waals surface area contributed by atoms with Gasteiger partial charge in [-0.3, -0.25) is 0 Å². The molecule has 0 radical (unpaired) electrons. The van der Waals surface area contributed by atoms with Crippen LogP contribution >= 0.6 is 0 Å². The molecule has 0 amide bonds. The molecule has 1 aliphatic carbocycles. The van der Waals surface area contributed by atoms with E-state index in [4.69, 9.17) is 0 Å². The van der Waals surface area contributed by atoms with Gasteiger partial charge < -0.3 is 10.2 Å². The Bertz CT molecular complexity index is 573. The highest BCUT2D eigenvalue weighted by molar-refractivity contribution is 5.60. The second kappa shape index (κ2) is 5.69. The molecular formula is C19H25FN2. The lowest BCUT2D eigenvalue weighted by Gasteiger charge is -2.40. The van der Waals surface area contributed by atoms with Crippen LogP contribution in [0, 0.1) is 11.7 Å². The third-order valence-corrected chi connectivity index (χ3v) is 5.88. The third-order valence-electron chi connectivity index (χ3n) is 5.88. The predicted molar refractivity (Wildman–Crippen MR) is 88.7 cm³/mol. The van der Waals surface area contributed by atoms with Gasteiger partial charge in [0, 0.05) is 24.2 Å². The van der Waals surface area contributed by atoms with E-state index in [2.05, 4.69) is 22.4 Å². The number of hydrogen-bond donors (Lipinski definition) is 1. The zero-order valence-corrected chi connectivity index (χ0v) is 13.2. The molecule has 0 saturated carbocycles. The molecule has 118 valence electrons. The molecule has 2 aliphatic heterocycles. The minimum absolute atomic E-state index is 0.0988. The molecule has 2 heterocycles.